The van der Waals surface area contributed by atoms with E-state index < -0.39 is 15.3 Å². The number of carbonyl (C=O) groups is 1. The molecule has 4 nitrogen and oxygen atoms in total. The van der Waals surface area contributed by atoms with Crippen molar-refractivity contribution in [3.63, 3.8) is 0 Å². The van der Waals surface area contributed by atoms with Crippen LogP contribution in [0.1, 0.15) is 5.56 Å². The number of hydrogen-bond acceptors (Lipinski definition) is 2. The van der Waals surface area contributed by atoms with Gasteiger partial charge in [-0.1, -0.05) is 64.1 Å². The molecular weight excluding hydrogens is 405 g/mol. The first-order valence-electron chi connectivity index (χ1n) is 6.20. The Balaban J connectivity index is 2.34. The number of pyridine rings is 1. The van der Waals surface area contributed by atoms with Gasteiger partial charge < -0.3 is 9.88 Å². The molecule has 0 atom stereocenters. The summed E-state index contributed by atoms with van der Waals surface area (Å²) in [5.74, 6) is -0.923. The molecule has 1 aromatic carbocycles. The molecule has 9 heteroatoms. The highest BCUT2D eigenvalue weighted by molar-refractivity contribution is 6.76. The second-order valence-electron chi connectivity index (χ2n) is 4.51. The van der Waals surface area contributed by atoms with Crippen LogP contribution in [0.2, 0.25) is 10.0 Å². The smallest absolute Gasteiger partial charge is 0.276 e. The monoisotopic (exact) mass is 412 g/mol. The number of amides is 1. The van der Waals surface area contributed by atoms with Gasteiger partial charge in [0.15, 0.2) is 0 Å². The van der Waals surface area contributed by atoms with Gasteiger partial charge in [-0.05, 0) is 24.3 Å². The van der Waals surface area contributed by atoms with Crippen LogP contribution in [-0.2, 0) is 11.3 Å². The number of halogens is 5. The van der Waals surface area contributed by atoms with E-state index in [0.717, 1.165) is 0 Å². The lowest BCUT2D eigenvalue weighted by molar-refractivity contribution is -0.115. The van der Waals surface area contributed by atoms with Crippen molar-refractivity contribution in [3.8, 4) is 0 Å². The van der Waals surface area contributed by atoms with Crippen molar-refractivity contribution in [1.82, 2.24) is 4.57 Å². The Labute approximate surface area is 156 Å². The summed E-state index contributed by atoms with van der Waals surface area (Å²) in [6, 6.07) is 8.01. The predicted molar refractivity (Wildman–Crippen MR) is 95.2 cm³/mol. The lowest BCUT2D eigenvalue weighted by Crippen LogP contribution is -2.32. The SMILES string of the molecule is O=C(Nc1cccn(Cc2c(Cl)cccc2Cl)c1=O)C(Cl)(Cl)Cl. The van der Waals surface area contributed by atoms with E-state index in [2.05, 4.69) is 5.32 Å². The molecule has 1 aromatic heterocycles. The van der Waals surface area contributed by atoms with Gasteiger partial charge >= 0.3 is 0 Å². The summed E-state index contributed by atoms with van der Waals surface area (Å²) in [7, 11) is 0. The Bertz CT molecular complexity index is 778. The van der Waals surface area contributed by atoms with Gasteiger partial charge in [0.1, 0.15) is 5.69 Å². The molecule has 0 aliphatic rings. The van der Waals surface area contributed by atoms with Gasteiger partial charge in [0.05, 0.1) is 6.54 Å². The number of alkyl halides is 3. The molecule has 2 rings (SSSR count). The molecule has 122 valence electrons. The molecule has 0 radical (unpaired) electrons. The second kappa shape index (κ2) is 7.32. The van der Waals surface area contributed by atoms with E-state index in [1.807, 2.05) is 0 Å². The summed E-state index contributed by atoms with van der Waals surface area (Å²) in [5.41, 5.74) is 0.0841. The number of nitrogens with one attached hydrogen (secondary N) is 1. The Kier molecular flexibility index (Phi) is 5.87. The predicted octanol–water partition coefficient (Wildman–Crippen LogP) is 4.51. The number of carbonyl (C=O) groups excluding carboxylic acids is 1. The minimum absolute atomic E-state index is 0.0213. The van der Waals surface area contributed by atoms with E-state index >= 15 is 0 Å². The van der Waals surface area contributed by atoms with Gasteiger partial charge in [0.25, 0.3) is 15.3 Å². The van der Waals surface area contributed by atoms with Crippen LogP contribution in [0.3, 0.4) is 0 Å². The molecule has 23 heavy (non-hydrogen) atoms. The van der Waals surface area contributed by atoms with Crippen molar-refractivity contribution in [3.05, 3.63) is 62.5 Å². The molecule has 0 saturated heterocycles. The summed E-state index contributed by atoms with van der Waals surface area (Å²) >= 11 is 28.6. The Morgan fingerprint density at radius 1 is 1.09 bits per heavy atom. The van der Waals surface area contributed by atoms with Gasteiger partial charge in [-0.3, -0.25) is 9.59 Å². The number of rotatable bonds is 3. The average Bonchev–Trinajstić information content (AvgIpc) is 2.45. The highest BCUT2D eigenvalue weighted by Gasteiger charge is 2.31. The van der Waals surface area contributed by atoms with Crippen LogP contribution < -0.4 is 10.9 Å². The zero-order chi connectivity index (χ0) is 17.2. The molecule has 0 bridgehead atoms. The standard InChI is InChI=1S/C14H9Cl5N2O2/c15-9-3-1-4-10(16)8(9)7-21-6-2-5-11(12(21)22)20-13(23)14(17,18)19/h1-6H,7H2,(H,20,23). The Morgan fingerprint density at radius 2 is 1.70 bits per heavy atom. The van der Waals surface area contributed by atoms with Crippen molar-refractivity contribution in [2.24, 2.45) is 0 Å². The maximum absolute atomic E-state index is 12.4. The number of hydrogen-bond donors (Lipinski definition) is 1. The normalized spacial score (nSPS) is 11.3. The first kappa shape index (κ1) is 18.4. The number of anilines is 1. The van der Waals surface area contributed by atoms with E-state index in [1.165, 1.54) is 16.8 Å². The number of aromatic nitrogens is 1. The first-order valence-corrected chi connectivity index (χ1v) is 8.09. The molecule has 0 spiro atoms. The van der Waals surface area contributed by atoms with E-state index in [-0.39, 0.29) is 12.2 Å². The fourth-order valence-corrected chi connectivity index (χ4v) is 2.46. The third-order valence-electron chi connectivity index (χ3n) is 2.92. The van der Waals surface area contributed by atoms with Crippen molar-refractivity contribution < 1.29 is 4.79 Å². The highest BCUT2D eigenvalue weighted by atomic mass is 35.6. The van der Waals surface area contributed by atoms with E-state index in [9.17, 15) is 9.59 Å². The lowest BCUT2D eigenvalue weighted by atomic mass is 10.2. The van der Waals surface area contributed by atoms with Crippen LogP contribution in [0.4, 0.5) is 5.69 Å². The molecular formula is C14H9Cl5N2O2. The van der Waals surface area contributed by atoms with Crippen molar-refractivity contribution >= 4 is 69.6 Å². The van der Waals surface area contributed by atoms with Gasteiger partial charge in [-0.25, -0.2) is 0 Å². The van der Waals surface area contributed by atoms with Gasteiger partial charge in [0.2, 0.25) is 0 Å². The maximum Gasteiger partial charge on any atom is 0.276 e. The maximum atomic E-state index is 12.4. The van der Waals surface area contributed by atoms with Crippen LogP contribution in [0.5, 0.6) is 0 Å². The zero-order valence-electron chi connectivity index (χ0n) is 11.3. The minimum Gasteiger partial charge on any atom is -0.318 e. The summed E-state index contributed by atoms with van der Waals surface area (Å²) in [4.78, 5) is 24.1. The van der Waals surface area contributed by atoms with E-state index in [1.54, 1.807) is 24.3 Å². The third kappa shape index (κ3) is 4.55. The van der Waals surface area contributed by atoms with E-state index in [0.29, 0.717) is 15.6 Å². The van der Waals surface area contributed by atoms with Crippen molar-refractivity contribution in [1.29, 1.82) is 0 Å². The molecule has 0 aliphatic heterocycles. The Morgan fingerprint density at radius 3 is 2.26 bits per heavy atom. The minimum atomic E-state index is -2.17. The summed E-state index contributed by atoms with van der Waals surface area (Å²) in [5, 5.41) is 3.13. The summed E-state index contributed by atoms with van der Waals surface area (Å²) in [6.07, 6.45) is 1.53. The highest BCUT2D eigenvalue weighted by Crippen LogP contribution is 2.27. The molecule has 0 unspecified atom stereocenters. The van der Waals surface area contributed by atoms with Crippen molar-refractivity contribution in [2.75, 3.05) is 5.32 Å². The van der Waals surface area contributed by atoms with Crippen LogP contribution in [-0.4, -0.2) is 14.3 Å². The first-order chi connectivity index (χ1) is 10.7. The average molecular weight is 415 g/mol. The second-order valence-corrected chi connectivity index (χ2v) is 7.60. The molecule has 1 amide bonds. The van der Waals surface area contributed by atoms with Crippen LogP contribution >= 0.6 is 58.0 Å². The summed E-state index contributed by atoms with van der Waals surface area (Å²) < 4.78 is -0.833. The topological polar surface area (TPSA) is 51.1 Å². The van der Waals surface area contributed by atoms with Crippen LogP contribution in [0.15, 0.2) is 41.3 Å². The van der Waals surface area contributed by atoms with Gasteiger partial charge in [-0.15, -0.1) is 0 Å². The fourth-order valence-electron chi connectivity index (χ4n) is 1.80. The number of nitrogens with zero attached hydrogens (tertiary/aromatic N) is 1. The largest absolute Gasteiger partial charge is 0.318 e. The van der Waals surface area contributed by atoms with Crippen LogP contribution in [0.25, 0.3) is 0 Å². The van der Waals surface area contributed by atoms with Crippen molar-refractivity contribution in [2.45, 2.75) is 10.3 Å². The number of benzene rings is 1. The lowest BCUT2D eigenvalue weighted by Gasteiger charge is -2.13. The zero-order valence-corrected chi connectivity index (χ0v) is 15.1. The summed E-state index contributed by atoms with van der Waals surface area (Å²) in [6.45, 7) is 0.134. The quantitative estimate of drug-likeness (QED) is 0.752. The Hall–Kier alpha value is -0.910. The van der Waals surface area contributed by atoms with Gasteiger partial charge in [-0.2, -0.15) is 0 Å². The molecule has 0 fully saturated rings. The molecule has 0 aliphatic carbocycles. The molecule has 0 saturated carbocycles. The van der Waals surface area contributed by atoms with E-state index in [4.69, 9.17) is 58.0 Å². The fraction of sp³-hybridized carbons (Fsp3) is 0.143. The molecule has 2 aromatic rings. The molecule has 1 heterocycles. The van der Waals surface area contributed by atoms with Crippen LogP contribution in [0, 0.1) is 0 Å². The third-order valence-corrected chi connectivity index (χ3v) is 4.14. The van der Waals surface area contributed by atoms with Gasteiger partial charge in [0, 0.05) is 21.8 Å². The molecule has 1 N–H and O–H groups in total.